The molecule has 2 nitrogen and oxygen atoms in total. The molecule has 0 saturated carbocycles. The van der Waals surface area contributed by atoms with E-state index in [4.69, 9.17) is 16.6 Å². The Kier molecular flexibility index (Phi) is 4.32. The summed E-state index contributed by atoms with van der Waals surface area (Å²) in [6, 6.07) is 14.8. The Morgan fingerprint density at radius 1 is 1.14 bits per heavy atom. The molecule has 21 heavy (non-hydrogen) atoms. The summed E-state index contributed by atoms with van der Waals surface area (Å²) in [4.78, 5) is 4.73. The van der Waals surface area contributed by atoms with Crippen LogP contribution in [0.1, 0.15) is 17.0 Å². The van der Waals surface area contributed by atoms with Crippen molar-refractivity contribution in [2.45, 2.75) is 19.9 Å². The Labute approximate surface area is 137 Å². The first-order valence-electron chi connectivity index (χ1n) is 6.93. The van der Waals surface area contributed by atoms with E-state index in [2.05, 4.69) is 69.9 Å². The van der Waals surface area contributed by atoms with Gasteiger partial charge in [0.15, 0.2) is 0 Å². The summed E-state index contributed by atoms with van der Waals surface area (Å²) in [6.07, 6.45) is 0.784. The minimum Gasteiger partial charge on any atom is -0.323 e. The van der Waals surface area contributed by atoms with Crippen molar-refractivity contribution < 1.29 is 0 Å². The van der Waals surface area contributed by atoms with Gasteiger partial charge in [-0.3, -0.25) is 0 Å². The molecule has 0 saturated heterocycles. The smallest absolute Gasteiger partial charge is 0.111 e. The Balaban J connectivity index is 2.07. The number of hydrogen-bond acceptors (Lipinski definition) is 1. The fourth-order valence-electron chi connectivity index (χ4n) is 2.51. The van der Waals surface area contributed by atoms with Crippen LogP contribution in [0, 0.1) is 6.92 Å². The molecule has 0 radical (unpaired) electrons. The van der Waals surface area contributed by atoms with Crippen LogP contribution in [0.2, 0.25) is 0 Å². The molecule has 0 unspecified atom stereocenters. The van der Waals surface area contributed by atoms with Crippen molar-refractivity contribution >= 4 is 38.6 Å². The maximum absolute atomic E-state index is 5.93. The fourth-order valence-corrected chi connectivity index (χ4v) is 2.94. The number of alkyl halides is 1. The fraction of sp³-hybridized carbons (Fsp3) is 0.235. The van der Waals surface area contributed by atoms with Crippen LogP contribution in [0.5, 0.6) is 0 Å². The van der Waals surface area contributed by atoms with Crippen LogP contribution in [-0.4, -0.2) is 15.4 Å². The molecule has 0 fully saturated rings. The van der Waals surface area contributed by atoms with E-state index in [0.29, 0.717) is 5.88 Å². The summed E-state index contributed by atoms with van der Waals surface area (Å²) in [5, 5.41) is 0. The molecule has 0 spiro atoms. The number of imidazole rings is 1. The third-order valence-electron chi connectivity index (χ3n) is 3.55. The number of benzene rings is 2. The Morgan fingerprint density at radius 3 is 2.62 bits per heavy atom. The number of rotatable bonds is 4. The normalized spacial score (nSPS) is 11.2. The molecular weight excluding hydrogens is 348 g/mol. The summed E-state index contributed by atoms with van der Waals surface area (Å²) >= 11 is 9.41. The van der Waals surface area contributed by atoms with Gasteiger partial charge in [0.2, 0.25) is 0 Å². The molecule has 3 rings (SSSR count). The van der Waals surface area contributed by atoms with Crippen molar-refractivity contribution in [3.63, 3.8) is 0 Å². The van der Waals surface area contributed by atoms with Crippen LogP contribution in [0.25, 0.3) is 11.0 Å². The van der Waals surface area contributed by atoms with Gasteiger partial charge in [-0.25, -0.2) is 4.98 Å². The summed E-state index contributed by atoms with van der Waals surface area (Å²) in [5.74, 6) is 1.64. The number of fused-ring (bicyclic) bond motifs is 1. The zero-order valence-corrected chi connectivity index (χ0v) is 14.2. The van der Waals surface area contributed by atoms with Gasteiger partial charge in [0.05, 0.1) is 11.0 Å². The molecule has 4 heteroatoms. The van der Waals surface area contributed by atoms with E-state index < -0.39 is 0 Å². The molecule has 0 N–H and O–H groups in total. The largest absolute Gasteiger partial charge is 0.323 e. The first kappa shape index (κ1) is 14.6. The lowest BCUT2D eigenvalue weighted by Gasteiger charge is -2.09. The van der Waals surface area contributed by atoms with Gasteiger partial charge in [-0.15, -0.1) is 11.6 Å². The monoisotopic (exact) mass is 362 g/mol. The predicted octanol–water partition coefficient (Wildman–Crippen LogP) is 4.94. The standard InChI is InChI=1S/C17H16BrClN2/c1-12-2-7-15-16(10-12)21(17(20-15)8-9-19)11-13-3-5-14(18)6-4-13/h2-7,10H,8-9,11H2,1H3. The Morgan fingerprint density at radius 2 is 1.90 bits per heavy atom. The number of hydrogen-bond donors (Lipinski definition) is 0. The summed E-state index contributed by atoms with van der Waals surface area (Å²) in [7, 11) is 0. The lowest BCUT2D eigenvalue weighted by atomic mass is 10.2. The average Bonchev–Trinajstić information content (AvgIpc) is 2.79. The third kappa shape index (κ3) is 3.14. The SMILES string of the molecule is Cc1ccc2nc(CCCl)n(Cc3ccc(Br)cc3)c2c1. The third-order valence-corrected chi connectivity index (χ3v) is 4.27. The topological polar surface area (TPSA) is 17.8 Å². The van der Waals surface area contributed by atoms with Crippen molar-refractivity contribution in [2.24, 2.45) is 0 Å². The molecule has 3 aromatic rings. The highest BCUT2D eigenvalue weighted by atomic mass is 79.9. The van der Waals surface area contributed by atoms with Gasteiger partial charge < -0.3 is 4.57 Å². The van der Waals surface area contributed by atoms with Crippen LogP contribution in [-0.2, 0) is 13.0 Å². The highest BCUT2D eigenvalue weighted by Crippen LogP contribution is 2.21. The van der Waals surface area contributed by atoms with Crippen LogP contribution in [0.4, 0.5) is 0 Å². The van der Waals surface area contributed by atoms with Gasteiger partial charge in [0.25, 0.3) is 0 Å². The second kappa shape index (κ2) is 6.20. The minimum absolute atomic E-state index is 0.586. The Bertz CT molecular complexity index is 762. The maximum atomic E-state index is 5.93. The van der Waals surface area contributed by atoms with Gasteiger partial charge in [-0.1, -0.05) is 34.1 Å². The average molecular weight is 364 g/mol. The second-order valence-electron chi connectivity index (χ2n) is 5.17. The number of aryl methyl sites for hydroxylation is 2. The van der Waals surface area contributed by atoms with E-state index in [9.17, 15) is 0 Å². The molecule has 0 aliphatic carbocycles. The molecule has 1 aromatic heterocycles. The van der Waals surface area contributed by atoms with E-state index in [0.717, 1.165) is 28.8 Å². The predicted molar refractivity (Wildman–Crippen MR) is 92.1 cm³/mol. The van der Waals surface area contributed by atoms with Crippen LogP contribution in [0.3, 0.4) is 0 Å². The summed E-state index contributed by atoms with van der Waals surface area (Å²) in [5.41, 5.74) is 4.72. The van der Waals surface area contributed by atoms with Gasteiger partial charge in [-0.2, -0.15) is 0 Å². The quantitative estimate of drug-likeness (QED) is 0.601. The first-order valence-corrected chi connectivity index (χ1v) is 8.26. The number of nitrogens with zero attached hydrogens (tertiary/aromatic N) is 2. The molecule has 0 atom stereocenters. The molecule has 0 bridgehead atoms. The Hall–Kier alpha value is -1.32. The van der Waals surface area contributed by atoms with E-state index >= 15 is 0 Å². The zero-order chi connectivity index (χ0) is 14.8. The summed E-state index contributed by atoms with van der Waals surface area (Å²) < 4.78 is 3.37. The molecule has 1 heterocycles. The number of halogens is 2. The number of aromatic nitrogens is 2. The van der Waals surface area contributed by atoms with Crippen molar-refractivity contribution in [1.29, 1.82) is 0 Å². The van der Waals surface area contributed by atoms with Crippen molar-refractivity contribution in [2.75, 3.05) is 5.88 Å². The first-order chi connectivity index (χ1) is 10.2. The van der Waals surface area contributed by atoms with Gasteiger partial charge in [-0.05, 0) is 42.3 Å². The van der Waals surface area contributed by atoms with E-state index in [1.165, 1.54) is 16.6 Å². The van der Waals surface area contributed by atoms with Crippen molar-refractivity contribution in [1.82, 2.24) is 9.55 Å². The van der Waals surface area contributed by atoms with Gasteiger partial charge in [0.1, 0.15) is 5.82 Å². The van der Waals surface area contributed by atoms with Crippen molar-refractivity contribution in [3.8, 4) is 0 Å². The lowest BCUT2D eigenvalue weighted by Crippen LogP contribution is -2.06. The molecule has 0 aliphatic rings. The molecule has 0 aliphatic heterocycles. The zero-order valence-electron chi connectivity index (χ0n) is 11.8. The maximum Gasteiger partial charge on any atom is 0.111 e. The van der Waals surface area contributed by atoms with E-state index in [1.807, 2.05) is 0 Å². The molecule has 0 amide bonds. The minimum atomic E-state index is 0.586. The highest BCUT2D eigenvalue weighted by Gasteiger charge is 2.11. The van der Waals surface area contributed by atoms with Crippen molar-refractivity contribution in [3.05, 3.63) is 63.9 Å². The van der Waals surface area contributed by atoms with Crippen LogP contribution in [0.15, 0.2) is 46.9 Å². The molecule has 2 aromatic carbocycles. The molecule has 108 valence electrons. The van der Waals surface area contributed by atoms with Crippen LogP contribution < -0.4 is 0 Å². The summed E-state index contributed by atoms with van der Waals surface area (Å²) in [6.45, 7) is 2.93. The highest BCUT2D eigenvalue weighted by molar-refractivity contribution is 9.10. The van der Waals surface area contributed by atoms with Gasteiger partial charge in [0, 0.05) is 23.3 Å². The molecular formula is C17H16BrClN2. The van der Waals surface area contributed by atoms with E-state index in [-0.39, 0.29) is 0 Å². The lowest BCUT2D eigenvalue weighted by molar-refractivity contribution is 0.754. The second-order valence-corrected chi connectivity index (χ2v) is 6.47. The van der Waals surface area contributed by atoms with Gasteiger partial charge >= 0.3 is 0 Å². The van der Waals surface area contributed by atoms with E-state index in [1.54, 1.807) is 0 Å². The van der Waals surface area contributed by atoms with Crippen LogP contribution >= 0.6 is 27.5 Å².